The van der Waals surface area contributed by atoms with E-state index in [-0.39, 0.29) is 16.6 Å². The van der Waals surface area contributed by atoms with Gasteiger partial charge in [0.15, 0.2) is 12.9 Å². The summed E-state index contributed by atoms with van der Waals surface area (Å²) in [5.74, 6) is 0.831. The van der Waals surface area contributed by atoms with Crippen molar-refractivity contribution >= 4 is 0 Å². The molecule has 3 rings (SSSR count). The number of aromatic nitrogens is 5. The molecule has 0 radical (unpaired) electrons. The molecule has 27 heavy (non-hydrogen) atoms. The zero-order valence-electron chi connectivity index (χ0n) is 17.1. The highest BCUT2D eigenvalue weighted by molar-refractivity contribution is 5.68. The van der Waals surface area contributed by atoms with Gasteiger partial charge < -0.3 is 0 Å². The average molecular weight is 368 g/mol. The molecule has 0 fully saturated rings. The summed E-state index contributed by atoms with van der Waals surface area (Å²) in [5.41, 5.74) is 3.16. The third-order valence-corrected chi connectivity index (χ3v) is 4.41. The van der Waals surface area contributed by atoms with Crippen LogP contribution in [-0.2, 0) is 17.9 Å². The lowest BCUT2D eigenvalue weighted by Gasteiger charge is -2.16. The van der Waals surface area contributed by atoms with Gasteiger partial charge >= 0.3 is 0 Å². The van der Waals surface area contributed by atoms with Crippen LogP contribution in [0.5, 0.6) is 0 Å². The fourth-order valence-electron chi connectivity index (χ4n) is 3.05. The van der Waals surface area contributed by atoms with Crippen LogP contribution < -0.4 is 4.68 Å². The molecule has 0 amide bonds. The molecule has 2 heterocycles. The third-order valence-electron chi connectivity index (χ3n) is 4.41. The largest absolute Gasteiger partial charge is 0.221 e. The first-order valence-corrected chi connectivity index (χ1v) is 9.05. The number of H-pyrrole nitrogens is 1. The van der Waals surface area contributed by atoms with Gasteiger partial charge in [-0.3, -0.25) is 0 Å². The van der Waals surface area contributed by atoms with Crippen molar-refractivity contribution < 1.29 is 9.07 Å². The van der Waals surface area contributed by atoms with Crippen LogP contribution >= 0.6 is 0 Å². The fourth-order valence-corrected chi connectivity index (χ4v) is 3.05. The van der Waals surface area contributed by atoms with Crippen LogP contribution in [0.25, 0.3) is 22.6 Å². The maximum atomic E-state index is 14.4. The zero-order valence-corrected chi connectivity index (χ0v) is 17.1. The number of rotatable bonds is 2. The predicted octanol–water partition coefficient (Wildman–Crippen LogP) is 4.09. The smallest absolute Gasteiger partial charge is 0.213 e. The first kappa shape index (κ1) is 19.1. The molecule has 1 N–H and O–H groups in total. The second kappa shape index (κ2) is 6.51. The second-order valence-corrected chi connectivity index (χ2v) is 8.98. The van der Waals surface area contributed by atoms with E-state index >= 15 is 0 Å². The highest BCUT2D eigenvalue weighted by Gasteiger charge is 2.27. The Kier molecular flexibility index (Phi) is 4.62. The molecule has 0 aliphatic carbocycles. The molecular weight excluding hydrogens is 341 g/mol. The van der Waals surface area contributed by atoms with Crippen LogP contribution in [0.1, 0.15) is 53.1 Å². The molecule has 1 aromatic carbocycles. The highest BCUT2D eigenvalue weighted by atomic mass is 19.1. The van der Waals surface area contributed by atoms with Gasteiger partial charge in [0.25, 0.3) is 0 Å². The number of benzene rings is 1. The second-order valence-electron chi connectivity index (χ2n) is 8.98. The monoisotopic (exact) mass is 368 g/mol. The summed E-state index contributed by atoms with van der Waals surface area (Å²) in [7, 11) is 1.96. The highest BCUT2D eigenvalue weighted by Crippen LogP contribution is 2.28. The summed E-state index contributed by atoms with van der Waals surface area (Å²) < 4.78 is 16.4. The van der Waals surface area contributed by atoms with Crippen molar-refractivity contribution in [1.82, 2.24) is 20.1 Å². The molecule has 0 atom stereocenters. The Morgan fingerprint density at radius 3 is 2.15 bits per heavy atom. The van der Waals surface area contributed by atoms with E-state index in [1.807, 2.05) is 38.6 Å². The number of halogens is 1. The summed E-state index contributed by atoms with van der Waals surface area (Å²) in [6.45, 7) is 12.6. The predicted molar refractivity (Wildman–Crippen MR) is 104 cm³/mol. The minimum absolute atomic E-state index is 0.0184. The molecular formula is C21H27FN5+. The number of aromatic amines is 1. The lowest BCUT2D eigenvalue weighted by molar-refractivity contribution is -0.735. The van der Waals surface area contributed by atoms with E-state index in [0.29, 0.717) is 17.2 Å². The maximum Gasteiger partial charge on any atom is 0.213 e. The number of nitrogens with one attached hydrogen (secondary N) is 1. The van der Waals surface area contributed by atoms with Crippen LogP contribution in [0.4, 0.5) is 4.39 Å². The van der Waals surface area contributed by atoms with Crippen molar-refractivity contribution in [2.75, 3.05) is 0 Å². The van der Waals surface area contributed by atoms with E-state index in [1.54, 1.807) is 0 Å². The Balaban J connectivity index is 2.09. The minimum atomic E-state index is -0.324. The van der Waals surface area contributed by atoms with E-state index in [1.165, 1.54) is 18.5 Å². The zero-order chi connectivity index (χ0) is 20.0. The van der Waals surface area contributed by atoms with E-state index < -0.39 is 0 Å². The van der Waals surface area contributed by atoms with Gasteiger partial charge in [-0.1, -0.05) is 41.5 Å². The normalized spacial score (nSPS) is 12.4. The van der Waals surface area contributed by atoms with Crippen LogP contribution in [0, 0.1) is 5.82 Å². The maximum absolute atomic E-state index is 14.4. The van der Waals surface area contributed by atoms with E-state index in [2.05, 4.69) is 46.9 Å². The number of nitrogens with zero attached hydrogens (tertiary/aromatic N) is 4. The Bertz CT molecular complexity index is 977. The van der Waals surface area contributed by atoms with Gasteiger partial charge in [-0.05, 0) is 18.2 Å². The molecule has 0 saturated heterocycles. The summed E-state index contributed by atoms with van der Waals surface area (Å²) in [4.78, 5) is 13.1. The molecule has 0 aliphatic rings. The molecule has 142 valence electrons. The molecule has 5 nitrogen and oxygen atoms in total. The average Bonchev–Trinajstić information content (AvgIpc) is 2.96. The van der Waals surface area contributed by atoms with Crippen LogP contribution in [0.3, 0.4) is 0 Å². The molecule has 0 saturated carbocycles. The summed E-state index contributed by atoms with van der Waals surface area (Å²) >= 11 is 0. The summed E-state index contributed by atoms with van der Waals surface area (Å²) in [6.07, 6.45) is 1.49. The molecule has 6 heteroatoms. The SMILES string of the molecule is C[n+]1[nH]c(-c2cc(F)cc(-c3ncnc(C(C)(C)C)n3)c2)cc1C(C)(C)C. The Morgan fingerprint density at radius 1 is 0.889 bits per heavy atom. The Hall–Kier alpha value is -2.63. The van der Waals surface area contributed by atoms with Gasteiger partial charge in [0.05, 0.1) is 0 Å². The summed E-state index contributed by atoms with van der Waals surface area (Å²) in [5, 5.41) is 3.31. The third kappa shape index (κ3) is 4.04. The van der Waals surface area contributed by atoms with Crippen molar-refractivity contribution in [3.8, 4) is 22.6 Å². The molecule has 0 spiro atoms. The van der Waals surface area contributed by atoms with Crippen LogP contribution in [0.15, 0.2) is 30.6 Å². The van der Waals surface area contributed by atoms with Gasteiger partial charge in [-0.15, -0.1) is 4.68 Å². The van der Waals surface area contributed by atoms with Gasteiger partial charge in [-0.25, -0.2) is 19.3 Å². The van der Waals surface area contributed by atoms with Crippen molar-refractivity contribution in [2.45, 2.75) is 52.4 Å². The van der Waals surface area contributed by atoms with E-state index in [0.717, 1.165) is 17.0 Å². The van der Waals surface area contributed by atoms with Crippen molar-refractivity contribution in [2.24, 2.45) is 7.05 Å². The quantitative estimate of drug-likeness (QED) is 0.693. The van der Waals surface area contributed by atoms with E-state index in [9.17, 15) is 4.39 Å². The molecule has 3 aromatic rings. The Morgan fingerprint density at radius 2 is 1.56 bits per heavy atom. The first-order chi connectivity index (χ1) is 12.4. The number of hydrogen-bond acceptors (Lipinski definition) is 3. The minimum Gasteiger partial charge on any atom is -0.221 e. The van der Waals surface area contributed by atoms with Crippen LogP contribution in [0.2, 0.25) is 0 Å². The topological polar surface area (TPSA) is 58.3 Å². The van der Waals surface area contributed by atoms with Crippen LogP contribution in [-0.4, -0.2) is 20.1 Å². The van der Waals surface area contributed by atoms with Gasteiger partial charge in [0, 0.05) is 28.0 Å². The number of hydrogen-bond donors (Lipinski definition) is 1. The summed E-state index contributed by atoms with van der Waals surface area (Å²) in [6, 6.07) is 6.95. The van der Waals surface area contributed by atoms with E-state index in [4.69, 9.17) is 0 Å². The van der Waals surface area contributed by atoms with Crippen molar-refractivity contribution in [3.05, 3.63) is 47.9 Å². The molecule has 2 aromatic heterocycles. The van der Waals surface area contributed by atoms with Gasteiger partial charge in [-0.2, -0.15) is 5.10 Å². The molecule has 0 bridgehead atoms. The fraction of sp³-hybridized carbons (Fsp3) is 0.429. The van der Waals surface area contributed by atoms with Crippen molar-refractivity contribution in [3.63, 3.8) is 0 Å². The van der Waals surface area contributed by atoms with Crippen molar-refractivity contribution in [1.29, 1.82) is 0 Å². The van der Waals surface area contributed by atoms with Gasteiger partial charge in [0.2, 0.25) is 5.69 Å². The standard InChI is InChI=1S/C21H26FN5/c1-20(2,3)17-11-16(26-27(17)7)13-8-14(10-15(22)9-13)18-23-12-24-19(25-18)21(4,5)6/h8-12H,1-7H3/p+1. The molecule has 0 unspecified atom stereocenters. The lowest BCUT2D eigenvalue weighted by atomic mass is 9.91. The van der Waals surface area contributed by atoms with Gasteiger partial charge in [0.1, 0.15) is 23.7 Å². The first-order valence-electron chi connectivity index (χ1n) is 9.05. The Labute approximate surface area is 159 Å². The molecule has 0 aliphatic heterocycles. The number of aryl methyl sites for hydroxylation is 1. The lowest BCUT2D eigenvalue weighted by Crippen LogP contribution is -2.39.